The Hall–Kier alpha value is -2.14. The zero-order chi connectivity index (χ0) is 17.6. The Morgan fingerprint density at radius 2 is 1.88 bits per heavy atom. The second kappa shape index (κ2) is 8.30. The van der Waals surface area contributed by atoms with E-state index in [1.54, 1.807) is 14.2 Å². The van der Waals surface area contributed by atoms with E-state index in [0.29, 0.717) is 11.7 Å². The van der Waals surface area contributed by atoms with Crippen LogP contribution >= 0.6 is 11.8 Å². The van der Waals surface area contributed by atoms with E-state index in [4.69, 9.17) is 9.47 Å². The van der Waals surface area contributed by atoms with Crippen molar-refractivity contribution in [3.05, 3.63) is 59.7 Å². The predicted molar refractivity (Wildman–Crippen MR) is 101 cm³/mol. The van der Waals surface area contributed by atoms with E-state index in [-0.39, 0.29) is 5.91 Å². The molecule has 2 aromatic carbocycles. The molecular formula is C20H23NO3S. The van der Waals surface area contributed by atoms with Gasteiger partial charge in [0.1, 0.15) is 11.5 Å². The molecule has 5 heteroatoms. The number of carbonyl (C=O) groups is 1. The normalized spacial score (nSPS) is 17.2. The van der Waals surface area contributed by atoms with E-state index < -0.39 is 0 Å². The minimum Gasteiger partial charge on any atom is -0.497 e. The first-order valence-corrected chi connectivity index (χ1v) is 9.40. The van der Waals surface area contributed by atoms with Gasteiger partial charge in [-0.2, -0.15) is 11.8 Å². The Balaban J connectivity index is 1.64. The van der Waals surface area contributed by atoms with Crippen molar-refractivity contribution in [2.75, 3.05) is 33.1 Å². The van der Waals surface area contributed by atoms with E-state index in [9.17, 15) is 4.79 Å². The number of rotatable bonds is 5. The van der Waals surface area contributed by atoms with Crippen molar-refractivity contribution < 1.29 is 14.3 Å². The van der Waals surface area contributed by atoms with Gasteiger partial charge in [0.2, 0.25) is 5.91 Å². The van der Waals surface area contributed by atoms with E-state index in [2.05, 4.69) is 12.1 Å². The lowest BCUT2D eigenvalue weighted by atomic mass is 10.1. The van der Waals surface area contributed by atoms with Gasteiger partial charge in [-0.25, -0.2) is 0 Å². The Kier molecular flexibility index (Phi) is 5.87. The molecule has 1 heterocycles. The Morgan fingerprint density at radius 3 is 2.60 bits per heavy atom. The van der Waals surface area contributed by atoms with Crippen LogP contribution in [0.3, 0.4) is 0 Å². The summed E-state index contributed by atoms with van der Waals surface area (Å²) in [6.45, 7) is 1.56. The minimum atomic E-state index is 0.173. The molecule has 1 fully saturated rings. The van der Waals surface area contributed by atoms with E-state index >= 15 is 0 Å². The van der Waals surface area contributed by atoms with Crippen LogP contribution in [0.1, 0.15) is 16.4 Å². The molecule has 0 N–H and O–H groups in total. The topological polar surface area (TPSA) is 38.8 Å². The fourth-order valence-corrected chi connectivity index (χ4v) is 4.21. The number of hydrogen-bond acceptors (Lipinski definition) is 4. The monoisotopic (exact) mass is 357 g/mol. The molecule has 1 amide bonds. The minimum absolute atomic E-state index is 0.173. The molecular weight excluding hydrogens is 334 g/mol. The lowest BCUT2D eigenvalue weighted by Crippen LogP contribution is -2.40. The lowest BCUT2D eigenvalue weighted by Gasteiger charge is -2.33. The van der Waals surface area contributed by atoms with Crippen LogP contribution in [0.2, 0.25) is 0 Å². The third kappa shape index (κ3) is 4.48. The number of ether oxygens (including phenoxy) is 2. The van der Waals surface area contributed by atoms with Gasteiger partial charge in [-0.1, -0.05) is 24.3 Å². The number of nitrogens with zero attached hydrogens (tertiary/aromatic N) is 1. The summed E-state index contributed by atoms with van der Waals surface area (Å²) in [4.78, 5) is 14.7. The third-order valence-corrected chi connectivity index (χ3v) is 5.64. The molecule has 1 aliphatic rings. The summed E-state index contributed by atoms with van der Waals surface area (Å²) in [6.07, 6.45) is 0.414. The fraction of sp³-hybridized carbons (Fsp3) is 0.350. The lowest BCUT2D eigenvalue weighted by molar-refractivity contribution is -0.130. The van der Waals surface area contributed by atoms with Crippen molar-refractivity contribution in [3.8, 4) is 11.5 Å². The number of thioether (sulfide) groups is 1. The van der Waals surface area contributed by atoms with Gasteiger partial charge in [-0.3, -0.25) is 4.79 Å². The molecule has 0 spiro atoms. The second-order valence-corrected chi connectivity index (χ2v) is 7.31. The highest BCUT2D eigenvalue weighted by Gasteiger charge is 2.25. The summed E-state index contributed by atoms with van der Waals surface area (Å²) in [5.41, 5.74) is 2.23. The molecule has 1 saturated heterocycles. The Morgan fingerprint density at radius 1 is 1.12 bits per heavy atom. The average Bonchev–Trinajstić information content (AvgIpc) is 2.68. The van der Waals surface area contributed by atoms with Crippen molar-refractivity contribution >= 4 is 17.7 Å². The summed E-state index contributed by atoms with van der Waals surface area (Å²) < 4.78 is 10.5. The van der Waals surface area contributed by atoms with Crippen LogP contribution in [0.25, 0.3) is 0 Å². The summed E-state index contributed by atoms with van der Waals surface area (Å²) in [5, 5.41) is 0.314. The molecule has 1 atom stereocenters. The molecule has 1 unspecified atom stereocenters. The zero-order valence-electron chi connectivity index (χ0n) is 14.6. The van der Waals surface area contributed by atoms with Gasteiger partial charge >= 0.3 is 0 Å². The van der Waals surface area contributed by atoms with Gasteiger partial charge < -0.3 is 14.4 Å². The summed E-state index contributed by atoms with van der Waals surface area (Å²) in [7, 11) is 3.31. The van der Waals surface area contributed by atoms with Crippen LogP contribution < -0.4 is 9.47 Å². The number of carbonyl (C=O) groups excluding carboxylic acids is 1. The average molecular weight is 357 g/mol. The second-order valence-electron chi connectivity index (χ2n) is 6.00. The fourth-order valence-electron chi connectivity index (χ4n) is 2.96. The largest absolute Gasteiger partial charge is 0.497 e. The van der Waals surface area contributed by atoms with Crippen molar-refractivity contribution in [2.45, 2.75) is 11.7 Å². The quantitative estimate of drug-likeness (QED) is 0.820. The van der Waals surface area contributed by atoms with Crippen molar-refractivity contribution in [1.82, 2.24) is 4.90 Å². The molecule has 0 radical (unpaired) electrons. The molecule has 0 aliphatic carbocycles. The third-order valence-electron chi connectivity index (χ3n) is 4.40. The summed E-state index contributed by atoms with van der Waals surface area (Å²) in [6, 6.07) is 15.9. The molecule has 0 aromatic heterocycles. The Bertz CT molecular complexity index is 717. The predicted octanol–water partition coefficient (Wildman–Crippen LogP) is 3.56. The molecule has 2 aromatic rings. The van der Waals surface area contributed by atoms with Crippen LogP contribution in [-0.4, -0.2) is 43.9 Å². The molecule has 1 aliphatic heterocycles. The molecule has 0 saturated carbocycles. The standard InChI is InChI=1S/C20H23NO3S/c1-23-17-8-6-16(7-9-17)19-14-21(10-11-25-19)20(22)13-15-4-3-5-18(12-15)24-2/h3-9,12,19H,10-11,13-14H2,1-2H3. The van der Waals surface area contributed by atoms with Gasteiger partial charge in [0.15, 0.2) is 0 Å². The highest BCUT2D eigenvalue weighted by Crippen LogP contribution is 2.34. The number of amides is 1. The van der Waals surface area contributed by atoms with E-state index in [1.807, 2.05) is 53.1 Å². The molecule has 3 rings (SSSR count). The smallest absolute Gasteiger partial charge is 0.227 e. The number of benzene rings is 2. The van der Waals surface area contributed by atoms with Crippen LogP contribution in [-0.2, 0) is 11.2 Å². The van der Waals surface area contributed by atoms with Crippen LogP contribution in [0.5, 0.6) is 11.5 Å². The number of hydrogen-bond donors (Lipinski definition) is 0. The van der Waals surface area contributed by atoms with Crippen LogP contribution in [0.15, 0.2) is 48.5 Å². The molecule has 0 bridgehead atoms. The number of methoxy groups -OCH3 is 2. The van der Waals surface area contributed by atoms with Crippen LogP contribution in [0.4, 0.5) is 0 Å². The first kappa shape index (κ1) is 17.7. The van der Waals surface area contributed by atoms with Gasteiger partial charge in [0, 0.05) is 24.1 Å². The van der Waals surface area contributed by atoms with E-state index in [1.165, 1.54) is 5.56 Å². The first-order chi connectivity index (χ1) is 12.2. The first-order valence-electron chi connectivity index (χ1n) is 8.36. The molecule has 4 nitrogen and oxygen atoms in total. The van der Waals surface area contributed by atoms with Crippen molar-refractivity contribution in [3.63, 3.8) is 0 Å². The zero-order valence-corrected chi connectivity index (χ0v) is 15.4. The highest BCUT2D eigenvalue weighted by molar-refractivity contribution is 7.99. The molecule has 132 valence electrons. The molecule has 25 heavy (non-hydrogen) atoms. The summed E-state index contributed by atoms with van der Waals surface area (Å²) in [5.74, 6) is 2.78. The van der Waals surface area contributed by atoms with Gasteiger partial charge in [0.05, 0.1) is 20.6 Å². The maximum absolute atomic E-state index is 12.7. The maximum atomic E-state index is 12.7. The van der Waals surface area contributed by atoms with Crippen molar-refractivity contribution in [2.24, 2.45) is 0 Å². The van der Waals surface area contributed by atoms with Gasteiger partial charge in [0.25, 0.3) is 0 Å². The summed E-state index contributed by atoms with van der Waals surface area (Å²) >= 11 is 1.91. The van der Waals surface area contributed by atoms with Crippen molar-refractivity contribution in [1.29, 1.82) is 0 Å². The SMILES string of the molecule is COc1ccc(C2CN(C(=O)Cc3cccc(OC)c3)CCS2)cc1. The van der Waals surface area contributed by atoms with Gasteiger partial charge in [-0.05, 0) is 35.4 Å². The Labute approximate surface area is 153 Å². The highest BCUT2D eigenvalue weighted by atomic mass is 32.2. The maximum Gasteiger partial charge on any atom is 0.227 e. The van der Waals surface area contributed by atoms with Gasteiger partial charge in [-0.15, -0.1) is 0 Å². The van der Waals surface area contributed by atoms with Crippen LogP contribution in [0, 0.1) is 0 Å². The van der Waals surface area contributed by atoms with E-state index in [0.717, 1.165) is 35.9 Å².